The van der Waals surface area contributed by atoms with Gasteiger partial charge in [-0.3, -0.25) is 39.2 Å². The Bertz CT molecular complexity index is 1640. The van der Waals surface area contributed by atoms with Crippen molar-refractivity contribution in [3.63, 3.8) is 0 Å². The Balaban J connectivity index is 1.21. The van der Waals surface area contributed by atoms with E-state index in [-0.39, 0.29) is 36.9 Å². The van der Waals surface area contributed by atoms with Crippen molar-refractivity contribution in [2.75, 3.05) is 13.6 Å². The normalized spacial score (nSPS) is 19.0. The third-order valence-electron chi connectivity index (χ3n) is 7.34. The van der Waals surface area contributed by atoms with Crippen molar-refractivity contribution in [2.45, 2.75) is 38.3 Å². The first-order chi connectivity index (χ1) is 19.8. The van der Waals surface area contributed by atoms with Gasteiger partial charge < -0.3 is 14.7 Å². The molecule has 2 aromatic heterocycles. The van der Waals surface area contributed by atoms with E-state index in [4.69, 9.17) is 4.52 Å². The Morgan fingerprint density at radius 3 is 2.68 bits per heavy atom. The molecule has 0 saturated carbocycles. The van der Waals surface area contributed by atoms with Crippen LogP contribution in [0.25, 0.3) is 22.5 Å². The van der Waals surface area contributed by atoms with E-state index >= 15 is 0 Å². The average molecular weight is 556 g/mol. The maximum absolute atomic E-state index is 13.4. The summed E-state index contributed by atoms with van der Waals surface area (Å²) in [6, 6.07) is 9.91. The summed E-state index contributed by atoms with van der Waals surface area (Å²) in [5, 5.41) is 8.89. The smallest absolute Gasteiger partial charge is 0.278 e. The topological polar surface area (TPSA) is 168 Å². The van der Waals surface area contributed by atoms with E-state index in [0.29, 0.717) is 42.0 Å². The standard InChI is InChI=1S/C28H25N7O6/c1-29-25(37)19-13-16(9-10-30-19)15-4-2-5-17(12-15)24-32-22(41-33-24)14-34-11-3-6-18-23(34)28(40)35(27(18)39)20-7-8-21(36)31-26(20)38/h2,4-5,9-10,12-13,20H,3,6-8,11,14H2,1H3,(H,29,37)(H,31,36,38). The van der Waals surface area contributed by atoms with Gasteiger partial charge in [0.05, 0.1) is 6.54 Å². The molecule has 0 bridgehead atoms. The minimum absolute atomic E-state index is 0.0597. The highest BCUT2D eigenvalue weighted by molar-refractivity contribution is 6.21. The maximum atomic E-state index is 13.4. The average Bonchev–Trinajstić information content (AvgIpc) is 3.55. The molecule has 0 spiro atoms. The van der Waals surface area contributed by atoms with Gasteiger partial charge in [0.25, 0.3) is 17.7 Å². The lowest BCUT2D eigenvalue weighted by atomic mass is 10.0. The number of imide groups is 2. The fourth-order valence-corrected chi connectivity index (χ4v) is 5.36. The summed E-state index contributed by atoms with van der Waals surface area (Å²) in [6.45, 7) is 0.595. The molecule has 1 aromatic carbocycles. The van der Waals surface area contributed by atoms with Crippen molar-refractivity contribution >= 4 is 29.5 Å². The largest absolute Gasteiger partial charge is 0.357 e. The van der Waals surface area contributed by atoms with Crippen molar-refractivity contribution in [2.24, 2.45) is 0 Å². The van der Waals surface area contributed by atoms with Gasteiger partial charge in [0.2, 0.25) is 23.5 Å². The fraction of sp³-hybridized carbons (Fsp3) is 0.286. The number of benzene rings is 1. The third kappa shape index (κ3) is 4.75. The zero-order valence-corrected chi connectivity index (χ0v) is 22.0. The van der Waals surface area contributed by atoms with Crippen LogP contribution < -0.4 is 10.6 Å². The highest BCUT2D eigenvalue weighted by Crippen LogP contribution is 2.35. The number of rotatable bonds is 6. The minimum atomic E-state index is -1.02. The highest BCUT2D eigenvalue weighted by atomic mass is 16.5. The van der Waals surface area contributed by atoms with E-state index in [1.807, 2.05) is 24.3 Å². The number of piperidine rings is 1. The third-order valence-corrected chi connectivity index (χ3v) is 7.34. The SMILES string of the molecule is CNC(=O)c1cc(-c2cccc(-c3noc(CN4CCCC5=C4C(=O)N(C4CCC(=O)NC4=O)C5=O)n3)c2)ccn1. The van der Waals surface area contributed by atoms with E-state index < -0.39 is 29.7 Å². The summed E-state index contributed by atoms with van der Waals surface area (Å²) in [5.41, 5.74) is 3.19. The lowest BCUT2D eigenvalue weighted by molar-refractivity contribution is -0.150. The van der Waals surface area contributed by atoms with Crippen molar-refractivity contribution in [1.82, 2.24) is 35.6 Å². The molecule has 1 atom stereocenters. The number of pyridine rings is 1. The fourth-order valence-electron chi connectivity index (χ4n) is 5.36. The number of hydrogen-bond donors (Lipinski definition) is 2. The molecule has 0 aliphatic carbocycles. The minimum Gasteiger partial charge on any atom is -0.357 e. The monoisotopic (exact) mass is 555 g/mol. The van der Waals surface area contributed by atoms with Gasteiger partial charge in [-0.1, -0.05) is 23.4 Å². The molecule has 2 N–H and O–H groups in total. The zero-order valence-electron chi connectivity index (χ0n) is 22.0. The molecule has 5 heterocycles. The van der Waals surface area contributed by atoms with Crippen molar-refractivity contribution in [3.8, 4) is 22.5 Å². The Morgan fingerprint density at radius 1 is 1.07 bits per heavy atom. The van der Waals surface area contributed by atoms with Crippen LogP contribution in [0.15, 0.2) is 58.4 Å². The van der Waals surface area contributed by atoms with E-state index in [1.54, 1.807) is 30.3 Å². The van der Waals surface area contributed by atoms with Gasteiger partial charge in [-0.2, -0.15) is 4.98 Å². The van der Waals surface area contributed by atoms with Gasteiger partial charge in [0, 0.05) is 37.3 Å². The van der Waals surface area contributed by atoms with Crippen LogP contribution in [0.1, 0.15) is 42.1 Å². The number of nitrogens with one attached hydrogen (secondary N) is 2. The van der Waals surface area contributed by atoms with Crippen LogP contribution in [0.2, 0.25) is 0 Å². The first-order valence-electron chi connectivity index (χ1n) is 13.1. The van der Waals surface area contributed by atoms with Crippen LogP contribution >= 0.6 is 0 Å². The second-order valence-corrected chi connectivity index (χ2v) is 9.90. The molecule has 1 saturated heterocycles. The first-order valence-corrected chi connectivity index (χ1v) is 13.1. The Kier molecular flexibility index (Phi) is 6.61. The van der Waals surface area contributed by atoms with Gasteiger partial charge in [0.1, 0.15) is 17.4 Å². The summed E-state index contributed by atoms with van der Waals surface area (Å²) >= 11 is 0. The maximum Gasteiger partial charge on any atom is 0.278 e. The summed E-state index contributed by atoms with van der Waals surface area (Å²) in [6.07, 6.45) is 2.77. The molecule has 1 fully saturated rings. The molecule has 3 aliphatic rings. The quantitative estimate of drug-likeness (QED) is 0.422. The van der Waals surface area contributed by atoms with Crippen LogP contribution in [-0.4, -0.2) is 74.1 Å². The molecule has 3 aromatic rings. The zero-order chi connectivity index (χ0) is 28.7. The molecule has 41 heavy (non-hydrogen) atoms. The summed E-state index contributed by atoms with van der Waals surface area (Å²) in [4.78, 5) is 73.9. The summed E-state index contributed by atoms with van der Waals surface area (Å²) in [7, 11) is 1.54. The lowest BCUT2D eigenvalue weighted by Gasteiger charge is -2.29. The van der Waals surface area contributed by atoms with Crippen molar-refractivity contribution in [1.29, 1.82) is 0 Å². The number of nitrogens with zero attached hydrogens (tertiary/aromatic N) is 5. The second-order valence-electron chi connectivity index (χ2n) is 9.90. The van der Waals surface area contributed by atoms with Gasteiger partial charge in [-0.25, -0.2) is 0 Å². The highest BCUT2D eigenvalue weighted by Gasteiger charge is 2.48. The number of amides is 5. The van der Waals surface area contributed by atoms with E-state index in [1.165, 1.54) is 0 Å². The predicted molar refractivity (Wildman–Crippen MR) is 141 cm³/mol. The summed E-state index contributed by atoms with van der Waals surface area (Å²) < 4.78 is 5.52. The van der Waals surface area contributed by atoms with Gasteiger partial charge >= 0.3 is 0 Å². The van der Waals surface area contributed by atoms with Crippen LogP contribution in [0, 0.1) is 0 Å². The summed E-state index contributed by atoms with van der Waals surface area (Å²) in [5.74, 6) is -1.81. The van der Waals surface area contributed by atoms with Crippen molar-refractivity contribution < 1.29 is 28.5 Å². The predicted octanol–water partition coefficient (Wildman–Crippen LogP) is 1.18. The van der Waals surface area contributed by atoms with Crippen LogP contribution in [0.5, 0.6) is 0 Å². The van der Waals surface area contributed by atoms with Crippen LogP contribution in [0.4, 0.5) is 0 Å². The molecular weight excluding hydrogens is 530 g/mol. The molecule has 5 amide bonds. The number of carbonyl (C=O) groups is 5. The molecule has 6 rings (SSSR count). The Morgan fingerprint density at radius 2 is 1.88 bits per heavy atom. The molecule has 1 unspecified atom stereocenters. The van der Waals surface area contributed by atoms with E-state index in [2.05, 4.69) is 25.8 Å². The molecule has 3 aliphatic heterocycles. The van der Waals surface area contributed by atoms with Crippen molar-refractivity contribution in [3.05, 3.63) is 65.4 Å². The van der Waals surface area contributed by atoms with E-state index in [0.717, 1.165) is 16.0 Å². The molecule has 13 heteroatoms. The molecule has 13 nitrogen and oxygen atoms in total. The first kappa shape index (κ1) is 26.0. The number of aromatic nitrogens is 3. The van der Waals surface area contributed by atoms with Gasteiger partial charge in [-0.05, 0) is 48.6 Å². The van der Waals surface area contributed by atoms with E-state index in [9.17, 15) is 24.0 Å². The Hall–Kier alpha value is -5.20. The molecule has 208 valence electrons. The van der Waals surface area contributed by atoms with Crippen LogP contribution in [0.3, 0.4) is 0 Å². The Labute approximate surface area is 233 Å². The molecule has 0 radical (unpaired) electrons. The van der Waals surface area contributed by atoms with Crippen LogP contribution in [-0.2, 0) is 25.7 Å². The second kappa shape index (κ2) is 10.4. The molecular formula is C28H25N7O6. The van der Waals surface area contributed by atoms with Gasteiger partial charge in [0.15, 0.2) is 0 Å². The number of carbonyl (C=O) groups excluding carboxylic acids is 5. The van der Waals surface area contributed by atoms with Gasteiger partial charge in [-0.15, -0.1) is 0 Å². The number of hydrogen-bond acceptors (Lipinski definition) is 10. The lowest BCUT2D eigenvalue weighted by Crippen LogP contribution is -2.55.